The van der Waals surface area contributed by atoms with Crippen LogP contribution in [0.5, 0.6) is 5.88 Å². The van der Waals surface area contributed by atoms with E-state index in [1.54, 1.807) is 6.20 Å². The molecule has 7 nitrogen and oxygen atoms in total. The van der Waals surface area contributed by atoms with E-state index in [4.69, 9.17) is 4.74 Å². The molecule has 0 saturated carbocycles. The molecule has 1 aromatic heterocycles. The van der Waals surface area contributed by atoms with Gasteiger partial charge < -0.3 is 19.9 Å². The van der Waals surface area contributed by atoms with Crippen molar-refractivity contribution in [2.45, 2.75) is 45.6 Å². The Morgan fingerprint density at radius 3 is 2.59 bits per heavy atom. The van der Waals surface area contributed by atoms with Crippen LogP contribution in [0.4, 0.5) is 4.79 Å². The normalized spacial score (nSPS) is 17.8. The lowest BCUT2D eigenvalue weighted by Crippen LogP contribution is -2.47. The van der Waals surface area contributed by atoms with Gasteiger partial charge in [0.2, 0.25) is 11.8 Å². The van der Waals surface area contributed by atoms with Gasteiger partial charge in [0.15, 0.2) is 0 Å². The lowest BCUT2D eigenvalue weighted by Gasteiger charge is -2.34. The van der Waals surface area contributed by atoms with Gasteiger partial charge in [0.1, 0.15) is 0 Å². The summed E-state index contributed by atoms with van der Waals surface area (Å²) in [6.07, 6.45) is 6.25. The molecule has 3 amide bonds. The van der Waals surface area contributed by atoms with Crippen LogP contribution in [-0.4, -0.2) is 59.5 Å². The Hall–Kier alpha value is -2.31. The van der Waals surface area contributed by atoms with Crippen LogP contribution in [0.25, 0.3) is 0 Å². The molecular weight excluding hydrogens is 344 g/mol. The maximum absolute atomic E-state index is 12.5. The van der Waals surface area contributed by atoms with Gasteiger partial charge in [-0.25, -0.2) is 9.78 Å². The molecule has 1 N–H and O–H groups in total. The topological polar surface area (TPSA) is 74.8 Å². The number of piperidine rings is 1. The molecule has 2 fully saturated rings. The maximum atomic E-state index is 12.5. The highest BCUT2D eigenvalue weighted by Gasteiger charge is 2.30. The summed E-state index contributed by atoms with van der Waals surface area (Å²) < 4.78 is 5.64. The van der Waals surface area contributed by atoms with Crippen LogP contribution < -0.4 is 10.1 Å². The number of hydrogen-bond acceptors (Lipinski definition) is 4. The molecule has 3 heterocycles. The molecule has 0 spiro atoms. The second-order valence-corrected chi connectivity index (χ2v) is 7.27. The van der Waals surface area contributed by atoms with Gasteiger partial charge in [-0.1, -0.05) is 13.0 Å². The van der Waals surface area contributed by atoms with Crippen molar-refractivity contribution in [1.29, 1.82) is 0 Å². The standard InChI is InChI=1S/C20H30N4O3/c1-2-14-27-19-17(6-5-9-21-19)15-22-18(25)16-7-12-24(13-8-16)20(26)23-10-3-4-11-23/h5-6,9,16H,2-4,7-8,10-15H2,1H3,(H,22,25). The zero-order chi connectivity index (χ0) is 19.1. The number of nitrogens with one attached hydrogen (secondary N) is 1. The van der Waals surface area contributed by atoms with Crippen molar-refractivity contribution in [3.8, 4) is 5.88 Å². The smallest absolute Gasteiger partial charge is 0.319 e. The van der Waals surface area contributed by atoms with E-state index in [9.17, 15) is 9.59 Å². The number of likely N-dealkylation sites (tertiary alicyclic amines) is 2. The van der Waals surface area contributed by atoms with Gasteiger partial charge in [0, 0.05) is 50.4 Å². The number of carbonyl (C=O) groups excluding carboxylic acids is 2. The number of hydrogen-bond donors (Lipinski definition) is 1. The maximum Gasteiger partial charge on any atom is 0.319 e. The highest BCUT2D eigenvalue weighted by Crippen LogP contribution is 2.21. The van der Waals surface area contributed by atoms with Crippen molar-refractivity contribution in [1.82, 2.24) is 20.1 Å². The van der Waals surface area contributed by atoms with E-state index in [1.807, 2.05) is 28.9 Å². The summed E-state index contributed by atoms with van der Waals surface area (Å²) in [5.74, 6) is 0.601. The molecule has 7 heteroatoms. The van der Waals surface area contributed by atoms with Crippen LogP contribution in [0.1, 0.15) is 44.6 Å². The number of carbonyl (C=O) groups is 2. The van der Waals surface area contributed by atoms with Crippen molar-refractivity contribution >= 4 is 11.9 Å². The Bertz CT molecular complexity index is 638. The first-order valence-electron chi connectivity index (χ1n) is 10.1. The number of aromatic nitrogens is 1. The number of rotatable bonds is 6. The third-order valence-corrected chi connectivity index (χ3v) is 5.26. The Morgan fingerprint density at radius 2 is 1.89 bits per heavy atom. The van der Waals surface area contributed by atoms with E-state index >= 15 is 0 Å². The van der Waals surface area contributed by atoms with E-state index in [0.717, 1.165) is 50.8 Å². The molecule has 148 valence electrons. The molecule has 3 rings (SSSR count). The Kier molecular flexibility index (Phi) is 6.90. The molecule has 0 radical (unpaired) electrons. The van der Waals surface area contributed by atoms with Crippen molar-refractivity contribution in [2.24, 2.45) is 5.92 Å². The van der Waals surface area contributed by atoms with Crippen molar-refractivity contribution in [3.05, 3.63) is 23.9 Å². The molecule has 1 aromatic rings. The van der Waals surface area contributed by atoms with E-state index in [2.05, 4.69) is 10.3 Å². The molecule has 0 atom stereocenters. The number of amides is 3. The van der Waals surface area contributed by atoms with E-state index in [0.29, 0.717) is 32.1 Å². The first-order chi connectivity index (χ1) is 13.2. The van der Waals surface area contributed by atoms with Crippen molar-refractivity contribution < 1.29 is 14.3 Å². The van der Waals surface area contributed by atoms with Gasteiger partial charge in [-0.3, -0.25) is 4.79 Å². The SMILES string of the molecule is CCCOc1ncccc1CNC(=O)C1CCN(C(=O)N2CCCC2)CC1. The predicted octanol–water partition coefficient (Wildman–Crippen LogP) is 2.41. The minimum atomic E-state index is -0.0377. The zero-order valence-corrected chi connectivity index (χ0v) is 16.2. The second kappa shape index (κ2) is 9.58. The number of nitrogens with zero attached hydrogens (tertiary/aromatic N) is 3. The van der Waals surface area contributed by atoms with Gasteiger partial charge in [0.25, 0.3) is 0 Å². The molecule has 27 heavy (non-hydrogen) atoms. The van der Waals surface area contributed by atoms with Gasteiger partial charge in [-0.2, -0.15) is 0 Å². The minimum absolute atomic E-state index is 0.0377. The van der Waals surface area contributed by atoms with Crippen LogP contribution in [0, 0.1) is 5.92 Å². The van der Waals surface area contributed by atoms with Gasteiger partial charge in [-0.15, -0.1) is 0 Å². The van der Waals surface area contributed by atoms with Crippen LogP contribution in [-0.2, 0) is 11.3 Å². The summed E-state index contributed by atoms with van der Waals surface area (Å²) in [7, 11) is 0. The lowest BCUT2D eigenvalue weighted by atomic mass is 9.96. The third kappa shape index (κ3) is 5.11. The fourth-order valence-corrected chi connectivity index (χ4v) is 3.66. The molecule has 0 bridgehead atoms. The minimum Gasteiger partial charge on any atom is -0.477 e. The first kappa shape index (κ1) is 19.5. The second-order valence-electron chi connectivity index (χ2n) is 7.27. The molecule has 2 saturated heterocycles. The average Bonchev–Trinajstić information content (AvgIpc) is 3.25. The van der Waals surface area contributed by atoms with E-state index < -0.39 is 0 Å². The molecular formula is C20H30N4O3. The van der Waals surface area contributed by atoms with Crippen molar-refractivity contribution in [2.75, 3.05) is 32.8 Å². The first-order valence-corrected chi connectivity index (χ1v) is 10.1. The zero-order valence-electron chi connectivity index (χ0n) is 16.2. The van der Waals surface area contributed by atoms with Gasteiger partial charge >= 0.3 is 6.03 Å². The Balaban J connectivity index is 1.45. The fraction of sp³-hybridized carbons (Fsp3) is 0.650. The molecule has 0 aliphatic carbocycles. The monoisotopic (exact) mass is 374 g/mol. The molecule has 2 aliphatic heterocycles. The van der Waals surface area contributed by atoms with Crippen molar-refractivity contribution in [3.63, 3.8) is 0 Å². The lowest BCUT2D eigenvalue weighted by molar-refractivity contribution is -0.126. The number of urea groups is 1. The summed E-state index contributed by atoms with van der Waals surface area (Å²) >= 11 is 0. The quantitative estimate of drug-likeness (QED) is 0.830. The number of pyridine rings is 1. The van der Waals surface area contributed by atoms with Crippen LogP contribution in [0.3, 0.4) is 0 Å². The van der Waals surface area contributed by atoms with E-state index in [1.165, 1.54) is 0 Å². The highest BCUT2D eigenvalue weighted by atomic mass is 16.5. The average molecular weight is 374 g/mol. The Labute approximate surface area is 161 Å². The highest BCUT2D eigenvalue weighted by molar-refractivity contribution is 5.79. The summed E-state index contributed by atoms with van der Waals surface area (Å²) in [4.78, 5) is 33.1. The summed E-state index contributed by atoms with van der Waals surface area (Å²) in [6, 6.07) is 3.91. The van der Waals surface area contributed by atoms with Gasteiger partial charge in [-0.05, 0) is 38.2 Å². The number of ether oxygens (including phenoxy) is 1. The Morgan fingerprint density at radius 1 is 1.19 bits per heavy atom. The molecule has 0 aromatic carbocycles. The fourth-order valence-electron chi connectivity index (χ4n) is 3.66. The van der Waals surface area contributed by atoms with Gasteiger partial charge in [0.05, 0.1) is 6.61 Å². The van der Waals surface area contributed by atoms with Crippen LogP contribution >= 0.6 is 0 Å². The van der Waals surface area contributed by atoms with E-state index in [-0.39, 0.29) is 17.9 Å². The summed E-state index contributed by atoms with van der Waals surface area (Å²) in [5.41, 5.74) is 0.890. The predicted molar refractivity (Wildman–Crippen MR) is 102 cm³/mol. The third-order valence-electron chi connectivity index (χ3n) is 5.26. The van der Waals surface area contributed by atoms with Crippen LogP contribution in [0.2, 0.25) is 0 Å². The molecule has 0 unspecified atom stereocenters. The largest absolute Gasteiger partial charge is 0.477 e. The summed E-state index contributed by atoms with van der Waals surface area (Å²) in [6.45, 7) is 6.13. The summed E-state index contributed by atoms with van der Waals surface area (Å²) in [5, 5.41) is 3.01. The molecule has 2 aliphatic rings. The van der Waals surface area contributed by atoms with Crippen LogP contribution in [0.15, 0.2) is 18.3 Å².